The second-order valence-corrected chi connectivity index (χ2v) is 14.8. The fourth-order valence-corrected chi connectivity index (χ4v) is 7.92. The van der Waals surface area contributed by atoms with Crippen LogP contribution in [0, 0.1) is 5.41 Å². The highest BCUT2D eigenvalue weighted by atomic mass is 35.5. The molecule has 3 heterocycles. The van der Waals surface area contributed by atoms with Crippen LogP contribution in [0.3, 0.4) is 0 Å². The Labute approximate surface area is 269 Å². The predicted octanol–water partition coefficient (Wildman–Crippen LogP) is 6.67. The van der Waals surface area contributed by atoms with Crippen LogP contribution in [-0.2, 0) is 27.8 Å². The molecule has 1 saturated heterocycles. The van der Waals surface area contributed by atoms with Gasteiger partial charge in [0.2, 0.25) is 21.7 Å². The minimum atomic E-state index is -4.85. The molecule has 2 aromatic heterocycles. The number of halogens is 7. The molecule has 10 nitrogen and oxygen atoms in total. The molecule has 2 atom stereocenters. The Morgan fingerprint density at radius 1 is 1.24 bits per heavy atom. The van der Waals surface area contributed by atoms with Crippen molar-refractivity contribution in [2.45, 2.75) is 82.6 Å². The lowest BCUT2D eigenvalue weighted by molar-refractivity contribution is -0.151. The van der Waals surface area contributed by atoms with Crippen LogP contribution in [0.4, 0.5) is 22.0 Å². The summed E-state index contributed by atoms with van der Waals surface area (Å²) in [4.78, 5) is 21.4. The third-order valence-corrected chi connectivity index (χ3v) is 10.9. The number of carboxylic acid groups (broad SMARTS) is 1. The average molecular weight is 721 g/mol. The van der Waals surface area contributed by atoms with Gasteiger partial charge in [-0.3, -0.25) is 9.69 Å². The number of hydrogen-bond acceptors (Lipinski definition) is 9. The molecule has 0 aliphatic carbocycles. The second-order valence-electron chi connectivity index (χ2n) is 11.3. The Balaban J connectivity index is 1.77. The molecule has 19 heteroatoms. The van der Waals surface area contributed by atoms with Crippen LogP contribution in [-0.4, -0.2) is 70.2 Å². The van der Waals surface area contributed by atoms with Crippen molar-refractivity contribution in [3.8, 4) is 21.3 Å². The molecule has 4 rings (SSSR count). The molecular weight excluding hydrogens is 692 g/mol. The average Bonchev–Trinajstić information content (AvgIpc) is 3.60. The maximum atomic E-state index is 14.2. The lowest BCUT2D eigenvalue weighted by Crippen LogP contribution is -2.44. The summed E-state index contributed by atoms with van der Waals surface area (Å²) in [5, 5.41) is 12.6. The Morgan fingerprint density at radius 2 is 1.91 bits per heavy atom. The van der Waals surface area contributed by atoms with Crippen molar-refractivity contribution in [2.75, 3.05) is 6.54 Å². The van der Waals surface area contributed by atoms with Gasteiger partial charge >= 0.3 is 12.1 Å². The number of aromatic nitrogens is 3. The Hall–Kier alpha value is -2.44. The number of nitrogens with one attached hydrogen (secondary N) is 1. The van der Waals surface area contributed by atoms with Gasteiger partial charge in [-0.1, -0.05) is 41.3 Å². The number of benzene rings is 1. The summed E-state index contributed by atoms with van der Waals surface area (Å²) in [6.45, 7) is 5.11. The zero-order valence-electron chi connectivity index (χ0n) is 24.2. The number of nitrogens with zero attached hydrogens (tertiary/aromatic N) is 4. The number of aliphatic carboxylic acids is 1. The highest BCUT2D eigenvalue weighted by Gasteiger charge is 2.44. The van der Waals surface area contributed by atoms with Crippen LogP contribution in [0.25, 0.3) is 21.3 Å². The van der Waals surface area contributed by atoms with E-state index in [1.165, 1.54) is 24.8 Å². The van der Waals surface area contributed by atoms with Gasteiger partial charge in [-0.2, -0.15) is 22.9 Å². The first-order valence-electron chi connectivity index (χ1n) is 13.4. The maximum Gasteiger partial charge on any atom is 0.404 e. The van der Waals surface area contributed by atoms with E-state index in [9.17, 15) is 40.3 Å². The summed E-state index contributed by atoms with van der Waals surface area (Å²) in [5.41, 5.74) is -0.846. The largest absolute Gasteiger partial charge is 0.481 e. The molecule has 0 saturated carbocycles. The van der Waals surface area contributed by atoms with Crippen molar-refractivity contribution in [1.82, 2.24) is 24.7 Å². The van der Waals surface area contributed by atoms with Crippen LogP contribution in [0.15, 0.2) is 21.6 Å². The molecule has 3 aromatic rings. The lowest BCUT2D eigenvalue weighted by atomic mass is 9.90. The third kappa shape index (κ3) is 7.76. The predicted molar refractivity (Wildman–Crippen MR) is 156 cm³/mol. The van der Waals surface area contributed by atoms with E-state index in [4.69, 9.17) is 27.7 Å². The standard InChI is InChI=1S/C26H28Cl2F5N5O5S2/c1-5-16(26(31,32)33)37-45(41,42)15-7-6-13(18(27)19(15)28)20-14(10-38-11-25(29,30)8-12(38)2)34-22(44-20)21-35-17(43-36-21)9-24(3,4)23(39)40/h6-7,12,16,37H,5,8-11H2,1-4H3,(H,39,40). The highest BCUT2D eigenvalue weighted by molar-refractivity contribution is 7.89. The molecule has 1 aromatic carbocycles. The number of carbonyl (C=O) groups is 1. The van der Waals surface area contributed by atoms with Crippen molar-refractivity contribution in [1.29, 1.82) is 0 Å². The molecule has 0 radical (unpaired) electrons. The monoisotopic (exact) mass is 719 g/mol. The minimum absolute atomic E-state index is 0.0101. The molecule has 0 amide bonds. The summed E-state index contributed by atoms with van der Waals surface area (Å²) in [5.74, 6) is -4.04. The zero-order chi connectivity index (χ0) is 33.7. The molecule has 2 N–H and O–H groups in total. The van der Waals surface area contributed by atoms with Gasteiger partial charge in [-0.05, 0) is 33.3 Å². The molecule has 1 fully saturated rings. The number of carboxylic acids is 1. The second kappa shape index (κ2) is 12.6. The SMILES string of the molecule is CCC(NS(=O)(=O)c1ccc(-c2sc(-c3noc(CC(C)(C)C(=O)O)n3)nc2CN2CC(F)(F)CC2C)c(Cl)c1Cl)C(F)(F)F. The zero-order valence-corrected chi connectivity index (χ0v) is 27.3. The van der Waals surface area contributed by atoms with Crippen LogP contribution in [0.5, 0.6) is 0 Å². The van der Waals surface area contributed by atoms with Crippen LogP contribution in [0.2, 0.25) is 10.0 Å². The van der Waals surface area contributed by atoms with Gasteiger partial charge in [0.15, 0.2) is 5.01 Å². The minimum Gasteiger partial charge on any atom is -0.481 e. The Morgan fingerprint density at radius 3 is 2.47 bits per heavy atom. The van der Waals surface area contributed by atoms with Crippen LogP contribution < -0.4 is 4.72 Å². The van der Waals surface area contributed by atoms with E-state index in [-0.39, 0.29) is 57.3 Å². The molecule has 1 aliphatic rings. The highest BCUT2D eigenvalue weighted by Crippen LogP contribution is 2.44. The molecule has 0 bridgehead atoms. The van der Waals surface area contributed by atoms with Gasteiger partial charge < -0.3 is 9.63 Å². The molecule has 248 valence electrons. The quantitative estimate of drug-likeness (QED) is 0.208. The molecule has 45 heavy (non-hydrogen) atoms. The van der Waals surface area contributed by atoms with E-state index in [2.05, 4.69) is 15.1 Å². The van der Waals surface area contributed by atoms with Crippen molar-refractivity contribution in [3.63, 3.8) is 0 Å². The van der Waals surface area contributed by atoms with E-state index >= 15 is 0 Å². The number of sulfonamides is 1. The van der Waals surface area contributed by atoms with Gasteiger partial charge in [0, 0.05) is 31.0 Å². The lowest BCUT2D eigenvalue weighted by Gasteiger charge is -2.21. The van der Waals surface area contributed by atoms with Gasteiger partial charge in [0.05, 0.1) is 32.6 Å². The smallest absolute Gasteiger partial charge is 0.404 e. The molecular formula is C26H28Cl2F5N5O5S2. The van der Waals surface area contributed by atoms with E-state index in [0.717, 1.165) is 24.3 Å². The van der Waals surface area contributed by atoms with Crippen LogP contribution >= 0.6 is 34.5 Å². The normalized spacial score (nSPS) is 18.4. The van der Waals surface area contributed by atoms with E-state index in [1.54, 1.807) is 11.6 Å². The van der Waals surface area contributed by atoms with E-state index in [1.807, 2.05) is 0 Å². The van der Waals surface area contributed by atoms with Gasteiger partial charge in [-0.25, -0.2) is 22.2 Å². The summed E-state index contributed by atoms with van der Waals surface area (Å²) < 4.78 is 101. The van der Waals surface area contributed by atoms with Gasteiger partial charge in [0.1, 0.15) is 10.9 Å². The van der Waals surface area contributed by atoms with Gasteiger partial charge in [-0.15, -0.1) is 11.3 Å². The fraction of sp³-hybridized carbons (Fsp3) is 0.538. The van der Waals surface area contributed by atoms with Crippen molar-refractivity contribution >= 4 is 50.5 Å². The first-order chi connectivity index (χ1) is 20.6. The molecule has 2 unspecified atom stereocenters. The van der Waals surface area contributed by atoms with Gasteiger partial charge in [0.25, 0.3) is 5.92 Å². The first-order valence-corrected chi connectivity index (χ1v) is 16.5. The third-order valence-electron chi connectivity index (χ3n) is 7.22. The summed E-state index contributed by atoms with van der Waals surface area (Å²) in [6.07, 6.45) is -5.90. The Bertz CT molecular complexity index is 1700. The van der Waals surface area contributed by atoms with E-state index in [0.29, 0.717) is 0 Å². The van der Waals surface area contributed by atoms with Crippen molar-refractivity contribution < 1.29 is 44.8 Å². The number of hydrogen-bond donors (Lipinski definition) is 2. The molecule has 0 spiro atoms. The number of rotatable bonds is 11. The summed E-state index contributed by atoms with van der Waals surface area (Å²) >= 11 is 13.8. The Kier molecular flexibility index (Phi) is 9.94. The summed E-state index contributed by atoms with van der Waals surface area (Å²) in [7, 11) is -4.78. The number of thiazole rings is 1. The topological polar surface area (TPSA) is 139 Å². The van der Waals surface area contributed by atoms with Crippen molar-refractivity contribution in [2.24, 2.45) is 5.41 Å². The first kappa shape index (κ1) is 35.4. The maximum absolute atomic E-state index is 14.2. The molecule has 1 aliphatic heterocycles. The van der Waals surface area contributed by atoms with Crippen molar-refractivity contribution in [3.05, 3.63) is 33.8 Å². The summed E-state index contributed by atoms with van der Waals surface area (Å²) in [6, 6.07) is -0.664. The van der Waals surface area contributed by atoms with E-state index < -0.39 is 68.5 Å². The fourth-order valence-electron chi connectivity index (χ4n) is 4.66. The number of likely N-dealkylation sites (tertiary alicyclic amines) is 1. The van der Waals surface area contributed by atoms with Crippen LogP contribution in [0.1, 0.15) is 52.1 Å². The number of alkyl halides is 5.